The van der Waals surface area contributed by atoms with Crippen LogP contribution in [-0.4, -0.2) is 35.0 Å². The number of carbonyl (C=O) groups excluding carboxylic acids is 1. The van der Waals surface area contributed by atoms with Crippen LogP contribution >= 0.6 is 0 Å². The zero-order chi connectivity index (χ0) is 8.43. The Morgan fingerprint density at radius 3 is 2.82 bits per heavy atom. The van der Waals surface area contributed by atoms with Gasteiger partial charge in [0.1, 0.15) is 12.3 Å². The number of rotatable bonds is 2. The average molecular weight is 159 g/mol. The van der Waals surface area contributed by atoms with Crippen LogP contribution in [0.3, 0.4) is 0 Å². The SMILES string of the molecule is CCC1CN(C(C)O)C(=O)O1. The molecule has 1 saturated heterocycles. The van der Waals surface area contributed by atoms with Gasteiger partial charge in [-0.15, -0.1) is 0 Å². The fraction of sp³-hybridized carbons (Fsp3) is 0.857. The zero-order valence-corrected chi connectivity index (χ0v) is 6.78. The minimum absolute atomic E-state index is 0.0444. The lowest BCUT2D eigenvalue weighted by Crippen LogP contribution is -2.33. The van der Waals surface area contributed by atoms with E-state index >= 15 is 0 Å². The summed E-state index contributed by atoms with van der Waals surface area (Å²) >= 11 is 0. The summed E-state index contributed by atoms with van der Waals surface area (Å²) in [5.74, 6) is 0. The van der Waals surface area contributed by atoms with Gasteiger partial charge in [0.2, 0.25) is 0 Å². The molecule has 4 heteroatoms. The van der Waals surface area contributed by atoms with Crippen molar-refractivity contribution < 1.29 is 14.6 Å². The van der Waals surface area contributed by atoms with Crippen molar-refractivity contribution in [2.75, 3.05) is 6.54 Å². The molecule has 1 N–H and O–H groups in total. The second-order valence-corrected chi connectivity index (χ2v) is 2.70. The molecule has 0 aromatic carbocycles. The highest BCUT2D eigenvalue weighted by atomic mass is 16.6. The maximum atomic E-state index is 10.9. The number of amides is 1. The normalized spacial score (nSPS) is 27.0. The number of hydrogen-bond donors (Lipinski definition) is 1. The van der Waals surface area contributed by atoms with Crippen LogP contribution in [0, 0.1) is 0 Å². The Hall–Kier alpha value is -0.770. The van der Waals surface area contributed by atoms with E-state index in [1.54, 1.807) is 6.92 Å². The molecular weight excluding hydrogens is 146 g/mol. The monoisotopic (exact) mass is 159 g/mol. The summed E-state index contributed by atoms with van der Waals surface area (Å²) < 4.78 is 4.91. The van der Waals surface area contributed by atoms with E-state index < -0.39 is 12.3 Å². The van der Waals surface area contributed by atoms with Crippen LogP contribution in [-0.2, 0) is 4.74 Å². The van der Waals surface area contributed by atoms with Crippen molar-refractivity contribution in [3.63, 3.8) is 0 Å². The minimum Gasteiger partial charge on any atom is -0.444 e. The average Bonchev–Trinajstić information content (AvgIpc) is 2.30. The molecule has 0 saturated carbocycles. The van der Waals surface area contributed by atoms with E-state index in [2.05, 4.69) is 0 Å². The second-order valence-electron chi connectivity index (χ2n) is 2.70. The van der Waals surface area contributed by atoms with Gasteiger partial charge in [-0.3, -0.25) is 4.90 Å². The van der Waals surface area contributed by atoms with Crippen molar-refractivity contribution in [3.05, 3.63) is 0 Å². The molecule has 1 aliphatic rings. The Balaban J connectivity index is 2.52. The molecule has 1 heterocycles. The predicted molar refractivity (Wildman–Crippen MR) is 38.9 cm³/mol. The van der Waals surface area contributed by atoms with Crippen molar-refractivity contribution in [2.24, 2.45) is 0 Å². The molecule has 0 aromatic rings. The van der Waals surface area contributed by atoms with Gasteiger partial charge in [-0.05, 0) is 13.3 Å². The molecule has 4 nitrogen and oxygen atoms in total. The summed E-state index contributed by atoms with van der Waals surface area (Å²) in [5, 5.41) is 9.06. The molecule has 0 bridgehead atoms. The van der Waals surface area contributed by atoms with Crippen LogP contribution in [0.25, 0.3) is 0 Å². The van der Waals surface area contributed by atoms with Crippen LogP contribution in [0.1, 0.15) is 20.3 Å². The summed E-state index contributed by atoms with van der Waals surface area (Å²) in [6.45, 7) is 4.01. The fourth-order valence-corrected chi connectivity index (χ4v) is 1.06. The molecule has 1 rings (SSSR count). The molecule has 1 fully saturated rings. The standard InChI is InChI=1S/C7H13NO3/c1-3-6-4-8(5(2)9)7(10)11-6/h5-6,9H,3-4H2,1-2H3. The van der Waals surface area contributed by atoms with Crippen LogP contribution < -0.4 is 0 Å². The Morgan fingerprint density at radius 2 is 2.55 bits per heavy atom. The first-order chi connectivity index (χ1) is 5.15. The summed E-state index contributed by atoms with van der Waals surface area (Å²) in [4.78, 5) is 12.2. The molecule has 1 aliphatic heterocycles. The van der Waals surface area contributed by atoms with Gasteiger partial charge < -0.3 is 9.84 Å². The number of aliphatic hydroxyl groups is 1. The third-order valence-corrected chi connectivity index (χ3v) is 1.81. The Labute approximate surface area is 65.8 Å². The van der Waals surface area contributed by atoms with Gasteiger partial charge >= 0.3 is 6.09 Å². The first-order valence-corrected chi connectivity index (χ1v) is 3.80. The number of hydrogen-bond acceptors (Lipinski definition) is 3. The maximum Gasteiger partial charge on any atom is 0.412 e. The lowest BCUT2D eigenvalue weighted by Gasteiger charge is -2.15. The summed E-state index contributed by atoms with van der Waals surface area (Å²) in [7, 11) is 0. The van der Waals surface area contributed by atoms with Gasteiger partial charge in [-0.25, -0.2) is 4.79 Å². The maximum absolute atomic E-state index is 10.9. The topological polar surface area (TPSA) is 49.8 Å². The van der Waals surface area contributed by atoms with E-state index in [-0.39, 0.29) is 6.10 Å². The van der Waals surface area contributed by atoms with Gasteiger partial charge in [0, 0.05) is 0 Å². The Morgan fingerprint density at radius 1 is 1.91 bits per heavy atom. The number of cyclic esters (lactones) is 1. The van der Waals surface area contributed by atoms with Gasteiger partial charge in [0.25, 0.3) is 0 Å². The van der Waals surface area contributed by atoms with Crippen molar-refractivity contribution in [1.29, 1.82) is 0 Å². The fourth-order valence-electron chi connectivity index (χ4n) is 1.06. The minimum atomic E-state index is -0.737. The van der Waals surface area contributed by atoms with Crippen molar-refractivity contribution in [3.8, 4) is 0 Å². The van der Waals surface area contributed by atoms with Gasteiger partial charge in [-0.2, -0.15) is 0 Å². The molecule has 64 valence electrons. The molecule has 0 aliphatic carbocycles. The Kier molecular flexibility index (Phi) is 2.34. The smallest absolute Gasteiger partial charge is 0.412 e. The quantitative estimate of drug-likeness (QED) is 0.640. The molecular formula is C7H13NO3. The second kappa shape index (κ2) is 3.09. The highest BCUT2D eigenvalue weighted by Gasteiger charge is 2.32. The van der Waals surface area contributed by atoms with Crippen molar-refractivity contribution in [1.82, 2.24) is 4.90 Å². The van der Waals surface area contributed by atoms with Crippen LogP contribution in [0.2, 0.25) is 0 Å². The number of carbonyl (C=O) groups is 1. The van der Waals surface area contributed by atoms with E-state index in [0.717, 1.165) is 6.42 Å². The highest BCUT2D eigenvalue weighted by Crippen LogP contribution is 2.14. The summed E-state index contributed by atoms with van der Waals surface area (Å²) in [5.41, 5.74) is 0. The summed E-state index contributed by atoms with van der Waals surface area (Å²) in [6.07, 6.45) is -0.391. The van der Waals surface area contributed by atoms with E-state index in [0.29, 0.717) is 6.54 Å². The number of aliphatic hydroxyl groups excluding tert-OH is 1. The highest BCUT2D eigenvalue weighted by molar-refractivity contribution is 5.70. The predicted octanol–water partition coefficient (Wildman–Crippen LogP) is 0.556. The van der Waals surface area contributed by atoms with E-state index in [1.807, 2.05) is 6.92 Å². The first kappa shape index (κ1) is 8.33. The molecule has 0 radical (unpaired) electrons. The van der Waals surface area contributed by atoms with Crippen molar-refractivity contribution in [2.45, 2.75) is 32.6 Å². The van der Waals surface area contributed by atoms with E-state index in [1.165, 1.54) is 4.90 Å². The van der Waals surface area contributed by atoms with Crippen LogP contribution in [0.5, 0.6) is 0 Å². The summed E-state index contributed by atoms with van der Waals surface area (Å²) in [6, 6.07) is 0. The zero-order valence-electron chi connectivity index (χ0n) is 6.78. The van der Waals surface area contributed by atoms with Gasteiger partial charge in [0.05, 0.1) is 6.54 Å². The van der Waals surface area contributed by atoms with Gasteiger partial charge in [-0.1, -0.05) is 6.92 Å². The number of ether oxygens (including phenoxy) is 1. The molecule has 2 atom stereocenters. The number of nitrogens with zero attached hydrogens (tertiary/aromatic N) is 1. The first-order valence-electron chi connectivity index (χ1n) is 3.80. The molecule has 1 amide bonds. The molecule has 11 heavy (non-hydrogen) atoms. The van der Waals surface area contributed by atoms with E-state index in [9.17, 15) is 4.79 Å². The molecule has 0 aromatic heterocycles. The lowest BCUT2D eigenvalue weighted by atomic mass is 10.3. The van der Waals surface area contributed by atoms with Crippen molar-refractivity contribution >= 4 is 6.09 Å². The van der Waals surface area contributed by atoms with Gasteiger partial charge in [0.15, 0.2) is 0 Å². The molecule has 2 unspecified atom stereocenters. The largest absolute Gasteiger partial charge is 0.444 e. The Bertz CT molecular complexity index is 158. The third kappa shape index (κ3) is 1.63. The third-order valence-electron chi connectivity index (χ3n) is 1.81. The van der Waals surface area contributed by atoms with E-state index in [4.69, 9.17) is 9.84 Å². The van der Waals surface area contributed by atoms with Crippen LogP contribution in [0.15, 0.2) is 0 Å². The van der Waals surface area contributed by atoms with Crippen LogP contribution in [0.4, 0.5) is 4.79 Å². The lowest BCUT2D eigenvalue weighted by molar-refractivity contribution is 0.0519. The molecule has 0 spiro atoms.